The summed E-state index contributed by atoms with van der Waals surface area (Å²) in [5.41, 5.74) is -1.20. The molecule has 1 unspecified atom stereocenters. The van der Waals surface area contributed by atoms with Gasteiger partial charge < -0.3 is 9.84 Å². The number of aliphatic hydroxyl groups excluding tert-OH is 1. The summed E-state index contributed by atoms with van der Waals surface area (Å²) < 4.78 is 55.3. The van der Waals surface area contributed by atoms with E-state index in [9.17, 15) is 17.6 Å². The van der Waals surface area contributed by atoms with Gasteiger partial charge in [-0.25, -0.2) is 17.6 Å². The van der Waals surface area contributed by atoms with E-state index >= 15 is 0 Å². The first-order chi connectivity index (χ1) is 6.91. The molecule has 0 aliphatic heterocycles. The summed E-state index contributed by atoms with van der Waals surface area (Å²) in [4.78, 5) is 0. The number of aliphatic hydroxyl groups is 1. The fourth-order valence-corrected chi connectivity index (χ4v) is 1.30. The van der Waals surface area contributed by atoms with Crippen molar-refractivity contribution in [2.24, 2.45) is 0 Å². The molecule has 1 rings (SSSR count). The van der Waals surface area contributed by atoms with Crippen LogP contribution in [-0.4, -0.2) is 12.2 Å². The average molecular weight is 289 g/mol. The molecular formula is C8H5BrF4O2. The first-order valence-corrected chi connectivity index (χ1v) is 4.43. The van der Waals surface area contributed by atoms with Crippen LogP contribution in [-0.2, 0) is 4.74 Å². The van der Waals surface area contributed by atoms with Gasteiger partial charge in [0.1, 0.15) is 0 Å². The lowest BCUT2D eigenvalue weighted by Crippen LogP contribution is -2.10. The molecule has 0 saturated heterocycles. The van der Waals surface area contributed by atoms with Gasteiger partial charge in [-0.3, -0.25) is 0 Å². The average Bonchev–Trinajstić information content (AvgIpc) is 2.23. The lowest BCUT2D eigenvalue weighted by atomic mass is 10.1. The minimum Gasteiger partial charge on any atom is -0.364 e. The van der Waals surface area contributed by atoms with Crippen LogP contribution in [0, 0.1) is 23.3 Å². The second-order valence-corrected chi connectivity index (χ2v) is 3.36. The first kappa shape index (κ1) is 12.4. The molecule has 0 radical (unpaired) electrons. The van der Waals surface area contributed by atoms with Crippen LogP contribution in [0.3, 0.4) is 0 Å². The maximum atomic E-state index is 13.1. The molecule has 0 spiro atoms. The van der Waals surface area contributed by atoms with Crippen LogP contribution in [0.5, 0.6) is 0 Å². The third kappa shape index (κ3) is 1.99. The van der Waals surface area contributed by atoms with E-state index in [-0.39, 0.29) is 0 Å². The molecule has 0 aromatic heterocycles. The van der Waals surface area contributed by atoms with Gasteiger partial charge in [0.2, 0.25) is 0 Å². The molecule has 0 fully saturated rings. The van der Waals surface area contributed by atoms with Gasteiger partial charge in [0.25, 0.3) is 0 Å². The molecule has 7 heteroatoms. The van der Waals surface area contributed by atoms with Crippen molar-refractivity contribution in [2.75, 3.05) is 7.11 Å². The van der Waals surface area contributed by atoms with Crippen LogP contribution in [0.4, 0.5) is 17.6 Å². The highest BCUT2D eigenvalue weighted by Gasteiger charge is 2.28. The van der Waals surface area contributed by atoms with Crippen molar-refractivity contribution in [3.8, 4) is 0 Å². The smallest absolute Gasteiger partial charge is 0.186 e. The molecule has 0 saturated carbocycles. The first-order valence-electron chi connectivity index (χ1n) is 3.64. The Morgan fingerprint density at radius 2 is 1.47 bits per heavy atom. The quantitative estimate of drug-likeness (QED) is 0.392. The molecule has 0 aliphatic rings. The maximum absolute atomic E-state index is 13.1. The van der Waals surface area contributed by atoms with Gasteiger partial charge in [0.05, 0.1) is 10.0 Å². The van der Waals surface area contributed by atoms with Crippen molar-refractivity contribution < 1.29 is 27.4 Å². The summed E-state index contributed by atoms with van der Waals surface area (Å²) in [6.07, 6.45) is -2.07. The SMILES string of the molecule is COC(O)c1c(F)c(F)c(Br)c(F)c1F. The fraction of sp³-hybridized carbons (Fsp3) is 0.250. The third-order valence-electron chi connectivity index (χ3n) is 1.71. The monoisotopic (exact) mass is 288 g/mol. The van der Waals surface area contributed by atoms with Crippen LogP contribution in [0.15, 0.2) is 4.47 Å². The number of hydrogen-bond acceptors (Lipinski definition) is 2. The second kappa shape index (κ2) is 4.46. The Morgan fingerprint density at radius 1 is 1.07 bits per heavy atom. The molecule has 1 aromatic carbocycles. The maximum Gasteiger partial charge on any atom is 0.186 e. The van der Waals surface area contributed by atoms with Gasteiger partial charge >= 0.3 is 0 Å². The van der Waals surface area contributed by atoms with Crippen LogP contribution in [0.1, 0.15) is 11.9 Å². The highest BCUT2D eigenvalue weighted by Crippen LogP contribution is 2.31. The largest absolute Gasteiger partial charge is 0.364 e. The Morgan fingerprint density at radius 3 is 1.80 bits per heavy atom. The second-order valence-electron chi connectivity index (χ2n) is 2.57. The molecule has 2 nitrogen and oxygen atoms in total. The van der Waals surface area contributed by atoms with E-state index in [1.807, 2.05) is 0 Å². The number of benzene rings is 1. The Balaban J connectivity index is 3.52. The number of hydrogen-bond donors (Lipinski definition) is 1. The minimum absolute atomic E-state index is 0.932. The summed E-state index contributed by atoms with van der Waals surface area (Å²) in [6, 6.07) is 0. The molecule has 15 heavy (non-hydrogen) atoms. The molecule has 0 aliphatic carbocycles. The summed E-state index contributed by atoms with van der Waals surface area (Å²) in [6.45, 7) is 0. The molecule has 1 aromatic rings. The van der Waals surface area contributed by atoms with Crippen LogP contribution >= 0.6 is 15.9 Å². The van der Waals surface area contributed by atoms with Gasteiger partial charge in [-0.1, -0.05) is 0 Å². The van der Waals surface area contributed by atoms with E-state index < -0.39 is 39.6 Å². The Hall–Kier alpha value is -0.660. The fourth-order valence-electron chi connectivity index (χ4n) is 0.957. The predicted molar refractivity (Wildman–Crippen MR) is 45.9 cm³/mol. The summed E-state index contributed by atoms with van der Waals surface area (Å²) in [7, 11) is 0.932. The molecule has 1 N–H and O–H groups in total. The standard InChI is InChI=1S/C8H5BrF4O2/c1-15-8(14)2-4(10)6(12)3(9)7(13)5(2)11/h8,14H,1H3. The van der Waals surface area contributed by atoms with Crippen molar-refractivity contribution in [1.29, 1.82) is 0 Å². The van der Waals surface area contributed by atoms with Crippen LogP contribution in [0.25, 0.3) is 0 Å². The summed E-state index contributed by atoms with van der Waals surface area (Å²) in [5.74, 6) is -6.65. The lowest BCUT2D eigenvalue weighted by Gasteiger charge is -2.12. The van der Waals surface area contributed by atoms with E-state index in [1.165, 1.54) is 0 Å². The van der Waals surface area contributed by atoms with Crippen molar-refractivity contribution in [3.05, 3.63) is 33.3 Å². The van der Waals surface area contributed by atoms with Gasteiger partial charge in [0, 0.05) is 7.11 Å². The van der Waals surface area contributed by atoms with Crippen molar-refractivity contribution in [3.63, 3.8) is 0 Å². The number of halogens is 5. The van der Waals surface area contributed by atoms with Gasteiger partial charge in [-0.05, 0) is 15.9 Å². The Bertz CT molecular complexity index is 368. The third-order valence-corrected chi connectivity index (χ3v) is 2.41. The van der Waals surface area contributed by atoms with Crippen molar-refractivity contribution in [2.45, 2.75) is 6.29 Å². The van der Waals surface area contributed by atoms with E-state index in [0.717, 1.165) is 7.11 Å². The topological polar surface area (TPSA) is 29.5 Å². The van der Waals surface area contributed by atoms with E-state index in [1.54, 1.807) is 0 Å². The predicted octanol–water partition coefficient (Wildman–Crippen LogP) is 2.64. The normalized spacial score (nSPS) is 13.0. The Labute approximate surface area is 90.6 Å². The van der Waals surface area contributed by atoms with Crippen molar-refractivity contribution >= 4 is 15.9 Å². The molecule has 0 bridgehead atoms. The van der Waals surface area contributed by atoms with Crippen molar-refractivity contribution in [1.82, 2.24) is 0 Å². The van der Waals surface area contributed by atoms with Crippen LogP contribution < -0.4 is 0 Å². The summed E-state index contributed by atoms with van der Waals surface area (Å²) in [5, 5.41) is 8.98. The lowest BCUT2D eigenvalue weighted by molar-refractivity contribution is -0.0820. The highest BCUT2D eigenvalue weighted by molar-refractivity contribution is 9.10. The molecule has 0 heterocycles. The van der Waals surface area contributed by atoms with E-state index in [0.29, 0.717) is 0 Å². The number of ether oxygens (including phenoxy) is 1. The molecule has 1 atom stereocenters. The molecule has 84 valence electrons. The number of rotatable bonds is 2. The van der Waals surface area contributed by atoms with Gasteiger partial charge in [-0.15, -0.1) is 0 Å². The van der Waals surface area contributed by atoms with Gasteiger partial charge in [-0.2, -0.15) is 0 Å². The highest BCUT2D eigenvalue weighted by atomic mass is 79.9. The van der Waals surface area contributed by atoms with E-state index in [2.05, 4.69) is 20.7 Å². The van der Waals surface area contributed by atoms with E-state index in [4.69, 9.17) is 5.11 Å². The summed E-state index contributed by atoms with van der Waals surface area (Å²) >= 11 is 2.33. The zero-order valence-corrected chi connectivity index (χ0v) is 8.91. The Kier molecular flexibility index (Phi) is 3.69. The van der Waals surface area contributed by atoms with Gasteiger partial charge in [0.15, 0.2) is 29.6 Å². The zero-order chi connectivity index (χ0) is 11.7. The zero-order valence-electron chi connectivity index (χ0n) is 7.32. The number of methoxy groups -OCH3 is 1. The molecule has 0 amide bonds. The minimum atomic E-state index is -2.07. The van der Waals surface area contributed by atoms with Crippen LogP contribution in [0.2, 0.25) is 0 Å². The molecular weight excluding hydrogens is 284 g/mol.